The molecule has 1 saturated heterocycles. The standard InChI is InChI=1S/C20H27N3OS/c1-20(2,3)15-6-8-16(9-7-15)21-18(24)12-17-14-25-19(22-17)13-23-10-4-5-11-23/h6-9,14H,4-5,10-13H2,1-3H3,(H,21,24). The first-order chi connectivity index (χ1) is 11.9. The maximum Gasteiger partial charge on any atom is 0.230 e. The van der Waals surface area contributed by atoms with E-state index in [0.717, 1.165) is 22.9 Å². The maximum absolute atomic E-state index is 12.3. The third-order valence-electron chi connectivity index (χ3n) is 4.53. The number of hydrogen-bond donors (Lipinski definition) is 1. The Morgan fingerprint density at radius 1 is 1.20 bits per heavy atom. The summed E-state index contributed by atoms with van der Waals surface area (Å²) < 4.78 is 0. The number of nitrogens with zero attached hydrogens (tertiary/aromatic N) is 2. The zero-order valence-electron chi connectivity index (χ0n) is 15.3. The molecule has 0 unspecified atom stereocenters. The molecule has 1 aromatic carbocycles. The minimum atomic E-state index is -0.0125. The van der Waals surface area contributed by atoms with E-state index in [4.69, 9.17) is 0 Å². The molecular formula is C20H27N3OS. The number of hydrogen-bond acceptors (Lipinski definition) is 4. The third kappa shape index (κ3) is 5.13. The molecule has 2 heterocycles. The molecule has 1 amide bonds. The molecule has 0 radical (unpaired) electrons. The molecule has 1 N–H and O–H groups in total. The Kier molecular flexibility index (Phi) is 5.54. The van der Waals surface area contributed by atoms with Crippen LogP contribution >= 0.6 is 11.3 Å². The lowest BCUT2D eigenvalue weighted by molar-refractivity contribution is -0.115. The molecule has 0 aliphatic carbocycles. The number of likely N-dealkylation sites (tertiary alicyclic amines) is 1. The number of carbonyl (C=O) groups is 1. The lowest BCUT2D eigenvalue weighted by Crippen LogP contribution is -2.18. The van der Waals surface area contributed by atoms with Crippen molar-refractivity contribution in [3.63, 3.8) is 0 Å². The van der Waals surface area contributed by atoms with Gasteiger partial charge in [0.25, 0.3) is 0 Å². The summed E-state index contributed by atoms with van der Waals surface area (Å²) in [4.78, 5) is 19.3. The molecule has 1 aliphatic rings. The average molecular weight is 358 g/mol. The monoisotopic (exact) mass is 357 g/mol. The summed E-state index contributed by atoms with van der Waals surface area (Å²) in [6.07, 6.45) is 2.90. The number of rotatable bonds is 5. The number of nitrogens with one attached hydrogen (secondary N) is 1. The van der Waals surface area contributed by atoms with Gasteiger partial charge in [-0.1, -0.05) is 32.9 Å². The first kappa shape index (κ1) is 18.1. The van der Waals surface area contributed by atoms with Gasteiger partial charge in [-0.3, -0.25) is 9.69 Å². The van der Waals surface area contributed by atoms with Gasteiger partial charge < -0.3 is 5.32 Å². The number of thiazole rings is 1. The summed E-state index contributed by atoms with van der Waals surface area (Å²) in [5, 5.41) is 6.08. The molecule has 0 bridgehead atoms. The fraction of sp³-hybridized carbons (Fsp3) is 0.500. The molecule has 1 aromatic heterocycles. The van der Waals surface area contributed by atoms with Crippen molar-refractivity contribution >= 4 is 22.9 Å². The Balaban J connectivity index is 1.53. The van der Waals surface area contributed by atoms with Crippen LogP contribution < -0.4 is 5.32 Å². The van der Waals surface area contributed by atoms with E-state index in [-0.39, 0.29) is 11.3 Å². The van der Waals surface area contributed by atoms with E-state index in [1.165, 1.54) is 31.5 Å². The SMILES string of the molecule is CC(C)(C)c1ccc(NC(=O)Cc2csc(CN3CCCC3)n2)cc1. The highest BCUT2D eigenvalue weighted by atomic mass is 32.1. The van der Waals surface area contributed by atoms with E-state index in [1.807, 2.05) is 17.5 Å². The molecule has 1 fully saturated rings. The molecule has 4 nitrogen and oxygen atoms in total. The quantitative estimate of drug-likeness (QED) is 0.871. The highest BCUT2D eigenvalue weighted by Gasteiger charge is 2.15. The van der Waals surface area contributed by atoms with Gasteiger partial charge >= 0.3 is 0 Å². The summed E-state index contributed by atoms with van der Waals surface area (Å²) in [7, 11) is 0. The number of benzene rings is 1. The Morgan fingerprint density at radius 3 is 2.52 bits per heavy atom. The molecule has 3 rings (SSSR count). The van der Waals surface area contributed by atoms with Crippen molar-refractivity contribution in [3.8, 4) is 0 Å². The second-order valence-corrected chi connectivity index (χ2v) is 8.71. The fourth-order valence-corrected chi connectivity index (χ4v) is 3.89. The molecule has 0 saturated carbocycles. The highest BCUT2D eigenvalue weighted by molar-refractivity contribution is 7.09. The first-order valence-electron chi connectivity index (χ1n) is 8.96. The summed E-state index contributed by atoms with van der Waals surface area (Å²) >= 11 is 1.66. The van der Waals surface area contributed by atoms with Crippen LogP contribution in [-0.4, -0.2) is 28.9 Å². The van der Waals surface area contributed by atoms with Gasteiger partial charge in [-0.05, 0) is 49.0 Å². The van der Waals surface area contributed by atoms with Crippen molar-refractivity contribution in [2.75, 3.05) is 18.4 Å². The molecule has 2 aromatic rings. The van der Waals surface area contributed by atoms with Gasteiger partial charge in [0.05, 0.1) is 18.7 Å². The van der Waals surface area contributed by atoms with E-state index < -0.39 is 0 Å². The van der Waals surface area contributed by atoms with E-state index in [1.54, 1.807) is 11.3 Å². The molecular weight excluding hydrogens is 330 g/mol. The fourth-order valence-electron chi connectivity index (χ4n) is 3.06. The first-order valence-corrected chi connectivity index (χ1v) is 9.84. The maximum atomic E-state index is 12.3. The van der Waals surface area contributed by atoms with Gasteiger partial charge in [0, 0.05) is 11.1 Å². The third-order valence-corrected chi connectivity index (χ3v) is 5.42. The van der Waals surface area contributed by atoms with E-state index >= 15 is 0 Å². The second kappa shape index (κ2) is 7.67. The summed E-state index contributed by atoms with van der Waals surface area (Å²) in [5.41, 5.74) is 3.08. The summed E-state index contributed by atoms with van der Waals surface area (Å²) in [6, 6.07) is 8.09. The number of carbonyl (C=O) groups excluding carboxylic acids is 1. The van der Waals surface area contributed by atoms with E-state index in [0.29, 0.717) is 6.42 Å². The van der Waals surface area contributed by atoms with Crippen LogP contribution in [0.15, 0.2) is 29.6 Å². The highest BCUT2D eigenvalue weighted by Crippen LogP contribution is 2.23. The van der Waals surface area contributed by atoms with Crippen LogP contribution in [0.5, 0.6) is 0 Å². The van der Waals surface area contributed by atoms with Crippen LogP contribution in [0.2, 0.25) is 0 Å². The summed E-state index contributed by atoms with van der Waals surface area (Å²) in [5.74, 6) is -0.0125. The topological polar surface area (TPSA) is 45.2 Å². The number of anilines is 1. The van der Waals surface area contributed by atoms with Gasteiger partial charge in [0.15, 0.2) is 0 Å². The zero-order chi connectivity index (χ0) is 17.9. The van der Waals surface area contributed by atoms with Crippen LogP contribution in [0, 0.1) is 0 Å². The van der Waals surface area contributed by atoms with Crippen LogP contribution in [0.1, 0.15) is 49.9 Å². The van der Waals surface area contributed by atoms with Crippen LogP contribution in [0.25, 0.3) is 0 Å². The van der Waals surface area contributed by atoms with Gasteiger partial charge in [-0.2, -0.15) is 0 Å². The molecule has 25 heavy (non-hydrogen) atoms. The molecule has 0 spiro atoms. The van der Waals surface area contributed by atoms with Crippen molar-refractivity contribution in [3.05, 3.63) is 45.9 Å². The average Bonchev–Trinajstić information content (AvgIpc) is 3.19. The van der Waals surface area contributed by atoms with Gasteiger partial charge in [-0.25, -0.2) is 4.98 Å². The van der Waals surface area contributed by atoms with Gasteiger partial charge in [-0.15, -0.1) is 11.3 Å². The van der Waals surface area contributed by atoms with Crippen molar-refractivity contribution in [2.24, 2.45) is 0 Å². The molecule has 134 valence electrons. The molecule has 5 heteroatoms. The summed E-state index contributed by atoms with van der Waals surface area (Å²) in [6.45, 7) is 9.80. The zero-order valence-corrected chi connectivity index (χ0v) is 16.2. The van der Waals surface area contributed by atoms with E-state index in [2.05, 4.69) is 48.1 Å². The van der Waals surface area contributed by atoms with Crippen LogP contribution in [0.4, 0.5) is 5.69 Å². The van der Waals surface area contributed by atoms with Crippen molar-refractivity contribution in [2.45, 2.75) is 52.0 Å². The van der Waals surface area contributed by atoms with Gasteiger partial charge in [0.1, 0.15) is 5.01 Å². The van der Waals surface area contributed by atoms with Crippen LogP contribution in [0.3, 0.4) is 0 Å². The molecule has 0 atom stereocenters. The smallest absolute Gasteiger partial charge is 0.230 e. The lowest BCUT2D eigenvalue weighted by Gasteiger charge is -2.19. The Bertz CT molecular complexity index is 709. The van der Waals surface area contributed by atoms with Crippen molar-refractivity contribution in [1.29, 1.82) is 0 Å². The van der Waals surface area contributed by atoms with E-state index in [9.17, 15) is 4.79 Å². The van der Waals surface area contributed by atoms with Crippen LogP contribution in [-0.2, 0) is 23.2 Å². The minimum Gasteiger partial charge on any atom is -0.326 e. The minimum absolute atomic E-state index is 0.0125. The largest absolute Gasteiger partial charge is 0.326 e. The lowest BCUT2D eigenvalue weighted by atomic mass is 9.87. The Labute approximate surface area is 154 Å². The van der Waals surface area contributed by atoms with Crippen molar-refractivity contribution < 1.29 is 4.79 Å². The predicted molar refractivity (Wildman–Crippen MR) is 104 cm³/mol. The molecule has 1 aliphatic heterocycles. The number of amides is 1. The predicted octanol–water partition coefficient (Wildman–Crippen LogP) is 4.22. The number of aromatic nitrogens is 1. The van der Waals surface area contributed by atoms with Crippen molar-refractivity contribution in [1.82, 2.24) is 9.88 Å². The Hall–Kier alpha value is -1.72. The van der Waals surface area contributed by atoms with Gasteiger partial charge in [0.2, 0.25) is 5.91 Å². The second-order valence-electron chi connectivity index (χ2n) is 7.77. The Morgan fingerprint density at radius 2 is 1.88 bits per heavy atom. The normalized spacial score (nSPS) is 15.5.